The Labute approximate surface area is 151 Å². The number of carbonyl (C=O) groups excluding carboxylic acids is 1. The van der Waals surface area contributed by atoms with E-state index in [1.807, 2.05) is 4.90 Å². The van der Waals surface area contributed by atoms with E-state index in [2.05, 4.69) is 42.6 Å². The van der Waals surface area contributed by atoms with Crippen LogP contribution in [0.2, 0.25) is 0 Å². The third kappa shape index (κ3) is 4.62. The van der Waals surface area contributed by atoms with Crippen LogP contribution in [-0.4, -0.2) is 49.7 Å². The first kappa shape index (κ1) is 18.4. The summed E-state index contributed by atoms with van der Waals surface area (Å²) in [5.74, 6) is 0.234. The van der Waals surface area contributed by atoms with Gasteiger partial charge in [-0.25, -0.2) is 0 Å². The Morgan fingerprint density at radius 1 is 1.20 bits per heavy atom. The second kappa shape index (κ2) is 8.33. The van der Waals surface area contributed by atoms with Crippen LogP contribution < -0.4 is 5.32 Å². The zero-order valence-corrected chi connectivity index (χ0v) is 15.7. The van der Waals surface area contributed by atoms with E-state index in [-0.39, 0.29) is 5.91 Å². The van der Waals surface area contributed by atoms with Crippen LogP contribution in [0.25, 0.3) is 0 Å². The first-order valence-electron chi connectivity index (χ1n) is 9.69. The van der Waals surface area contributed by atoms with Crippen molar-refractivity contribution < 1.29 is 9.53 Å². The van der Waals surface area contributed by atoms with E-state index in [0.29, 0.717) is 30.5 Å². The molecule has 1 aliphatic heterocycles. The summed E-state index contributed by atoms with van der Waals surface area (Å²) in [6.45, 7) is 4.68. The van der Waals surface area contributed by atoms with Crippen molar-refractivity contribution in [2.75, 3.05) is 26.8 Å². The Morgan fingerprint density at radius 3 is 2.60 bits per heavy atom. The largest absolute Gasteiger partial charge is 0.384 e. The number of nitrogens with zero attached hydrogens (tertiary/aromatic N) is 1. The van der Waals surface area contributed by atoms with E-state index in [1.54, 1.807) is 7.11 Å². The van der Waals surface area contributed by atoms with Crippen LogP contribution in [0, 0.1) is 0 Å². The lowest BCUT2D eigenvalue weighted by molar-refractivity contribution is -0.133. The molecule has 1 N–H and O–H groups in total. The second-order valence-corrected chi connectivity index (χ2v) is 7.93. The highest BCUT2D eigenvalue weighted by Gasteiger charge is 2.37. The molecule has 25 heavy (non-hydrogen) atoms. The highest BCUT2D eigenvalue weighted by Crippen LogP contribution is 2.41. The molecule has 4 nitrogen and oxygen atoms in total. The van der Waals surface area contributed by atoms with Gasteiger partial charge in [0.2, 0.25) is 5.91 Å². The van der Waals surface area contributed by atoms with Gasteiger partial charge in [0.25, 0.3) is 0 Å². The quantitative estimate of drug-likeness (QED) is 0.862. The van der Waals surface area contributed by atoms with E-state index in [9.17, 15) is 4.79 Å². The van der Waals surface area contributed by atoms with Crippen LogP contribution in [0.15, 0.2) is 30.3 Å². The minimum absolute atomic E-state index is 0.234. The highest BCUT2D eigenvalue weighted by atomic mass is 16.5. The van der Waals surface area contributed by atoms with E-state index in [4.69, 9.17) is 4.74 Å². The molecule has 1 aromatic carbocycles. The van der Waals surface area contributed by atoms with Gasteiger partial charge in [-0.3, -0.25) is 4.79 Å². The van der Waals surface area contributed by atoms with Gasteiger partial charge >= 0.3 is 0 Å². The second-order valence-electron chi connectivity index (χ2n) is 7.93. The third-order valence-electron chi connectivity index (χ3n) is 6.05. The monoisotopic (exact) mass is 344 g/mol. The molecule has 4 heteroatoms. The third-order valence-corrected chi connectivity index (χ3v) is 6.05. The fraction of sp³-hybridized carbons (Fsp3) is 0.667. The predicted octanol–water partition coefficient (Wildman–Crippen LogP) is 3.11. The molecule has 0 spiro atoms. The number of piperidine rings is 1. The summed E-state index contributed by atoms with van der Waals surface area (Å²) in [4.78, 5) is 14.1. The van der Waals surface area contributed by atoms with E-state index in [0.717, 1.165) is 25.9 Å². The van der Waals surface area contributed by atoms with Crippen molar-refractivity contribution in [2.45, 2.75) is 62.9 Å². The molecule has 1 saturated carbocycles. The summed E-state index contributed by atoms with van der Waals surface area (Å²) in [6.07, 6.45) is 6.35. The standard InChI is InChI=1S/C21H32N2O2/c1-21(17-6-4-3-5-7-17)12-8-19(16-21)22-18-9-13-23(14-10-18)20(24)11-15-25-2/h3-7,18-19,22H,8-16H2,1-2H3/t19-,21+/m1/s1. The maximum atomic E-state index is 12.1. The molecule has 1 aromatic rings. The van der Waals surface area contributed by atoms with Gasteiger partial charge in [-0.05, 0) is 43.1 Å². The van der Waals surface area contributed by atoms with Crippen molar-refractivity contribution in [2.24, 2.45) is 0 Å². The SMILES string of the molecule is COCCC(=O)N1CCC(N[C@@H]2CC[C@](C)(c3ccccc3)C2)CC1. The summed E-state index contributed by atoms with van der Waals surface area (Å²) in [6, 6.07) is 12.1. The van der Waals surface area contributed by atoms with Gasteiger partial charge in [0.1, 0.15) is 0 Å². The van der Waals surface area contributed by atoms with Crippen LogP contribution in [0.4, 0.5) is 0 Å². The van der Waals surface area contributed by atoms with Crippen molar-refractivity contribution in [3.8, 4) is 0 Å². The molecule has 2 aliphatic rings. The molecule has 1 heterocycles. The summed E-state index contributed by atoms with van der Waals surface area (Å²) in [5, 5.41) is 3.88. The van der Waals surface area contributed by atoms with Crippen molar-refractivity contribution in [1.82, 2.24) is 10.2 Å². The molecule has 0 aromatic heterocycles. The highest BCUT2D eigenvalue weighted by molar-refractivity contribution is 5.76. The number of likely N-dealkylation sites (tertiary alicyclic amines) is 1. The molecule has 1 saturated heterocycles. The molecular weight excluding hydrogens is 312 g/mol. The summed E-state index contributed by atoms with van der Waals surface area (Å²) < 4.78 is 5.01. The number of hydrogen-bond acceptors (Lipinski definition) is 3. The number of ether oxygens (including phenoxy) is 1. The topological polar surface area (TPSA) is 41.6 Å². The lowest BCUT2D eigenvalue weighted by Crippen LogP contribution is -2.47. The first-order chi connectivity index (χ1) is 12.1. The van der Waals surface area contributed by atoms with Crippen LogP contribution in [0.1, 0.15) is 51.0 Å². The first-order valence-corrected chi connectivity index (χ1v) is 9.69. The van der Waals surface area contributed by atoms with Crippen molar-refractivity contribution in [3.05, 3.63) is 35.9 Å². The normalized spacial score (nSPS) is 27.6. The molecule has 0 unspecified atom stereocenters. The lowest BCUT2D eigenvalue weighted by atomic mass is 9.81. The van der Waals surface area contributed by atoms with Crippen LogP contribution in [-0.2, 0) is 14.9 Å². The Morgan fingerprint density at radius 2 is 1.92 bits per heavy atom. The van der Waals surface area contributed by atoms with Gasteiger partial charge in [-0.1, -0.05) is 37.3 Å². The smallest absolute Gasteiger partial charge is 0.224 e. The van der Waals surface area contributed by atoms with Gasteiger partial charge in [-0.15, -0.1) is 0 Å². The molecule has 2 atom stereocenters. The van der Waals surface area contributed by atoms with Gasteiger partial charge in [-0.2, -0.15) is 0 Å². The number of carbonyl (C=O) groups is 1. The lowest BCUT2D eigenvalue weighted by Gasteiger charge is -2.34. The van der Waals surface area contributed by atoms with Crippen LogP contribution in [0.3, 0.4) is 0 Å². The van der Waals surface area contributed by atoms with Gasteiger partial charge in [0.15, 0.2) is 0 Å². The number of rotatable bonds is 6. The van der Waals surface area contributed by atoms with Crippen molar-refractivity contribution in [1.29, 1.82) is 0 Å². The summed E-state index contributed by atoms with van der Waals surface area (Å²) in [7, 11) is 1.65. The van der Waals surface area contributed by atoms with Crippen molar-refractivity contribution >= 4 is 5.91 Å². The molecule has 0 bridgehead atoms. The summed E-state index contributed by atoms with van der Waals surface area (Å²) in [5.41, 5.74) is 1.77. The Bertz CT molecular complexity index is 554. The van der Waals surface area contributed by atoms with Crippen LogP contribution in [0.5, 0.6) is 0 Å². The zero-order chi connectivity index (χ0) is 17.7. The van der Waals surface area contributed by atoms with E-state index < -0.39 is 0 Å². The van der Waals surface area contributed by atoms with Gasteiger partial charge in [0.05, 0.1) is 13.0 Å². The molecule has 2 fully saturated rings. The molecule has 3 rings (SSSR count). The average molecular weight is 344 g/mol. The van der Waals surface area contributed by atoms with Crippen LogP contribution >= 0.6 is 0 Å². The minimum atomic E-state index is 0.234. The fourth-order valence-corrected chi connectivity index (χ4v) is 4.46. The maximum absolute atomic E-state index is 12.1. The number of nitrogens with one attached hydrogen (secondary N) is 1. The Balaban J connectivity index is 1.45. The number of hydrogen-bond donors (Lipinski definition) is 1. The number of amides is 1. The average Bonchev–Trinajstić information content (AvgIpc) is 3.03. The maximum Gasteiger partial charge on any atom is 0.224 e. The number of methoxy groups -OCH3 is 1. The summed E-state index contributed by atoms with van der Waals surface area (Å²) >= 11 is 0. The predicted molar refractivity (Wildman–Crippen MR) is 101 cm³/mol. The fourth-order valence-electron chi connectivity index (χ4n) is 4.46. The molecular formula is C21H32N2O2. The molecule has 1 amide bonds. The Kier molecular flexibility index (Phi) is 6.13. The minimum Gasteiger partial charge on any atom is -0.384 e. The zero-order valence-electron chi connectivity index (χ0n) is 15.7. The van der Waals surface area contributed by atoms with Crippen molar-refractivity contribution in [3.63, 3.8) is 0 Å². The van der Waals surface area contributed by atoms with Gasteiger partial charge < -0.3 is 15.0 Å². The van der Waals surface area contributed by atoms with E-state index in [1.165, 1.54) is 24.8 Å². The molecule has 0 radical (unpaired) electrons. The number of benzene rings is 1. The van der Waals surface area contributed by atoms with Gasteiger partial charge in [0, 0.05) is 32.3 Å². The van der Waals surface area contributed by atoms with E-state index >= 15 is 0 Å². The molecule has 138 valence electrons. The molecule has 1 aliphatic carbocycles. The Hall–Kier alpha value is -1.39.